The number of dihydropyridines is 1. The predicted octanol–water partition coefficient (Wildman–Crippen LogP) is 4.99. The van der Waals surface area contributed by atoms with E-state index in [-0.39, 0.29) is 10.6 Å². The van der Waals surface area contributed by atoms with Crippen LogP contribution in [0.2, 0.25) is 10.0 Å². The standard InChI is InChI=1S/C18H20Cl2NO5P/c1-10-14(18(22)24-3)15(12-6-4-7-13(19)16(12)20)17(11(2)21-10)27(23)25-8-5-9-26-27/h4,6-7,15,21H,5,8-9H2,1-3H3. The first-order valence-electron chi connectivity index (χ1n) is 8.40. The lowest BCUT2D eigenvalue weighted by molar-refractivity contribution is -0.136. The van der Waals surface area contributed by atoms with Gasteiger partial charge in [-0.1, -0.05) is 35.3 Å². The van der Waals surface area contributed by atoms with Crippen molar-refractivity contribution >= 4 is 36.8 Å². The summed E-state index contributed by atoms with van der Waals surface area (Å²) >= 11 is 12.7. The summed E-state index contributed by atoms with van der Waals surface area (Å²) < 4.78 is 29.7. The van der Waals surface area contributed by atoms with Crippen molar-refractivity contribution < 1.29 is 23.1 Å². The number of methoxy groups -OCH3 is 1. The number of hydrogen-bond acceptors (Lipinski definition) is 6. The molecule has 1 saturated heterocycles. The molecule has 27 heavy (non-hydrogen) atoms. The van der Waals surface area contributed by atoms with Gasteiger partial charge < -0.3 is 19.1 Å². The fourth-order valence-electron chi connectivity index (χ4n) is 3.38. The van der Waals surface area contributed by atoms with E-state index in [1.807, 2.05) is 0 Å². The molecule has 1 aromatic carbocycles. The number of halogens is 2. The highest BCUT2D eigenvalue weighted by molar-refractivity contribution is 7.58. The van der Waals surface area contributed by atoms with Gasteiger partial charge in [-0.25, -0.2) is 4.79 Å². The van der Waals surface area contributed by atoms with Gasteiger partial charge in [-0.3, -0.25) is 4.57 Å². The minimum Gasteiger partial charge on any atom is -0.466 e. The average molecular weight is 432 g/mol. The molecule has 2 heterocycles. The van der Waals surface area contributed by atoms with Crippen LogP contribution in [0.1, 0.15) is 31.7 Å². The van der Waals surface area contributed by atoms with Gasteiger partial charge in [0.25, 0.3) is 0 Å². The molecule has 0 spiro atoms. The average Bonchev–Trinajstić information content (AvgIpc) is 2.63. The molecule has 1 fully saturated rings. The number of esters is 1. The Kier molecular flexibility index (Phi) is 6.04. The fourth-order valence-corrected chi connectivity index (χ4v) is 5.94. The number of ether oxygens (including phenoxy) is 1. The van der Waals surface area contributed by atoms with Crippen molar-refractivity contribution in [3.05, 3.63) is 56.1 Å². The number of carbonyl (C=O) groups excluding carboxylic acids is 1. The first-order chi connectivity index (χ1) is 12.8. The molecule has 1 N–H and O–H groups in total. The Morgan fingerprint density at radius 1 is 1.22 bits per heavy atom. The van der Waals surface area contributed by atoms with Gasteiger partial charge in [-0.15, -0.1) is 0 Å². The molecule has 9 heteroatoms. The highest BCUT2D eigenvalue weighted by Gasteiger charge is 2.46. The van der Waals surface area contributed by atoms with E-state index in [0.717, 1.165) is 0 Å². The molecule has 0 aliphatic carbocycles. The maximum atomic E-state index is 13.5. The van der Waals surface area contributed by atoms with Crippen LogP contribution < -0.4 is 5.32 Å². The highest BCUT2D eigenvalue weighted by Crippen LogP contribution is 2.65. The number of allylic oxidation sites excluding steroid dienone is 3. The van der Waals surface area contributed by atoms with Crippen LogP contribution in [-0.2, 0) is 23.1 Å². The van der Waals surface area contributed by atoms with Crippen molar-refractivity contribution in [1.29, 1.82) is 0 Å². The Morgan fingerprint density at radius 3 is 2.52 bits per heavy atom. The monoisotopic (exact) mass is 431 g/mol. The lowest BCUT2D eigenvalue weighted by atomic mass is 9.86. The molecular formula is C18H20Cl2NO5P. The van der Waals surface area contributed by atoms with Gasteiger partial charge in [-0.05, 0) is 31.9 Å². The van der Waals surface area contributed by atoms with Gasteiger partial charge in [0.15, 0.2) is 0 Å². The summed E-state index contributed by atoms with van der Waals surface area (Å²) in [6.07, 6.45) is 0.644. The van der Waals surface area contributed by atoms with E-state index in [2.05, 4.69) is 5.32 Å². The first-order valence-corrected chi connectivity index (χ1v) is 10.7. The van der Waals surface area contributed by atoms with Crippen LogP contribution in [0.15, 0.2) is 40.5 Å². The van der Waals surface area contributed by atoms with Gasteiger partial charge >= 0.3 is 13.6 Å². The maximum Gasteiger partial charge on any atom is 0.360 e. The largest absolute Gasteiger partial charge is 0.466 e. The minimum absolute atomic E-state index is 0.272. The molecule has 2 aliphatic heterocycles. The molecule has 1 atom stereocenters. The molecule has 0 aromatic heterocycles. The van der Waals surface area contributed by atoms with E-state index in [1.54, 1.807) is 32.0 Å². The van der Waals surface area contributed by atoms with Crippen LogP contribution in [0.5, 0.6) is 0 Å². The van der Waals surface area contributed by atoms with Gasteiger partial charge in [0.2, 0.25) is 0 Å². The van der Waals surface area contributed by atoms with Crippen molar-refractivity contribution in [3.8, 4) is 0 Å². The van der Waals surface area contributed by atoms with E-state index in [9.17, 15) is 9.36 Å². The number of hydrogen-bond donors (Lipinski definition) is 1. The van der Waals surface area contributed by atoms with Crippen LogP contribution >= 0.6 is 30.8 Å². The molecule has 0 saturated carbocycles. The van der Waals surface area contributed by atoms with Gasteiger partial charge in [0.1, 0.15) is 0 Å². The summed E-state index contributed by atoms with van der Waals surface area (Å²) in [5.41, 5.74) is 1.99. The summed E-state index contributed by atoms with van der Waals surface area (Å²) in [5, 5.41) is 4.05. The summed E-state index contributed by atoms with van der Waals surface area (Å²) in [5.74, 6) is -1.33. The third kappa shape index (κ3) is 3.69. The van der Waals surface area contributed by atoms with Crippen LogP contribution in [-0.4, -0.2) is 26.3 Å². The molecule has 0 amide bonds. The van der Waals surface area contributed by atoms with Gasteiger partial charge in [-0.2, -0.15) is 0 Å². The first kappa shape index (κ1) is 20.4. The number of rotatable bonds is 3. The van der Waals surface area contributed by atoms with Crippen LogP contribution in [0.4, 0.5) is 0 Å². The molecule has 1 aromatic rings. The van der Waals surface area contributed by atoms with E-state index < -0.39 is 19.5 Å². The summed E-state index contributed by atoms with van der Waals surface area (Å²) in [4.78, 5) is 12.6. The lowest BCUT2D eigenvalue weighted by Gasteiger charge is -2.36. The van der Waals surface area contributed by atoms with Crippen molar-refractivity contribution in [2.24, 2.45) is 0 Å². The summed E-state index contributed by atoms with van der Waals surface area (Å²) in [6.45, 7) is 4.12. The second-order valence-electron chi connectivity index (χ2n) is 6.26. The zero-order valence-corrected chi connectivity index (χ0v) is 17.6. The Bertz CT molecular complexity index is 886. The van der Waals surface area contributed by atoms with E-state index >= 15 is 0 Å². The Labute approximate surface area is 168 Å². The molecule has 6 nitrogen and oxygen atoms in total. The zero-order valence-electron chi connectivity index (χ0n) is 15.2. The van der Waals surface area contributed by atoms with Crippen LogP contribution in [0.3, 0.4) is 0 Å². The SMILES string of the molecule is COC(=O)C1=C(C)NC(C)=C(P2(=O)OCCCO2)C1c1cccc(Cl)c1Cl. The number of nitrogens with one attached hydrogen (secondary N) is 1. The lowest BCUT2D eigenvalue weighted by Crippen LogP contribution is -2.30. The Balaban J connectivity index is 2.27. The normalized spacial score (nSPS) is 22.5. The van der Waals surface area contributed by atoms with E-state index in [0.29, 0.717) is 46.9 Å². The fraction of sp³-hybridized carbons (Fsp3) is 0.389. The van der Waals surface area contributed by atoms with Crippen molar-refractivity contribution in [2.45, 2.75) is 26.2 Å². The number of benzene rings is 1. The summed E-state index contributed by atoms with van der Waals surface area (Å²) in [7, 11) is -2.35. The van der Waals surface area contributed by atoms with Crippen molar-refractivity contribution in [1.82, 2.24) is 5.32 Å². The Hall–Kier alpha value is -1.30. The second-order valence-corrected chi connectivity index (χ2v) is 9.04. The molecule has 0 radical (unpaired) electrons. The maximum absolute atomic E-state index is 13.5. The third-order valence-corrected chi connectivity index (χ3v) is 7.59. The molecular weight excluding hydrogens is 412 g/mol. The molecule has 3 rings (SSSR count). The van der Waals surface area contributed by atoms with Crippen LogP contribution in [0.25, 0.3) is 0 Å². The quantitative estimate of drug-likeness (QED) is 0.536. The van der Waals surface area contributed by atoms with Gasteiger partial charge in [0, 0.05) is 11.4 Å². The Morgan fingerprint density at radius 2 is 1.89 bits per heavy atom. The molecule has 146 valence electrons. The molecule has 0 bridgehead atoms. The predicted molar refractivity (Wildman–Crippen MR) is 104 cm³/mol. The van der Waals surface area contributed by atoms with Crippen molar-refractivity contribution in [2.75, 3.05) is 20.3 Å². The minimum atomic E-state index is -3.64. The zero-order chi connectivity index (χ0) is 19.8. The summed E-state index contributed by atoms with van der Waals surface area (Å²) in [6, 6.07) is 5.11. The highest BCUT2D eigenvalue weighted by atomic mass is 35.5. The molecule has 1 unspecified atom stereocenters. The van der Waals surface area contributed by atoms with Crippen molar-refractivity contribution in [3.63, 3.8) is 0 Å². The van der Waals surface area contributed by atoms with E-state index in [4.69, 9.17) is 37.0 Å². The van der Waals surface area contributed by atoms with E-state index in [1.165, 1.54) is 7.11 Å². The molecule has 2 aliphatic rings. The number of carbonyl (C=O) groups is 1. The smallest absolute Gasteiger partial charge is 0.360 e. The topological polar surface area (TPSA) is 73.9 Å². The second kappa shape index (κ2) is 7.98. The van der Waals surface area contributed by atoms with Crippen LogP contribution in [0, 0.1) is 0 Å². The van der Waals surface area contributed by atoms with Gasteiger partial charge in [0.05, 0.1) is 47.2 Å². The third-order valence-electron chi connectivity index (χ3n) is 4.53.